The predicted octanol–water partition coefficient (Wildman–Crippen LogP) is 4.94. The molecule has 0 aromatic heterocycles. The van der Waals surface area contributed by atoms with Gasteiger partial charge in [0.15, 0.2) is 0 Å². The SMILES string of the molecule is Nc1ccc2ccccc2c1-c1c(N=S(=O)=O)ccc2ccccc12. The minimum absolute atomic E-state index is 0.384. The monoisotopic (exact) mass is 346 g/mol. The van der Waals surface area contributed by atoms with Gasteiger partial charge in [0.1, 0.15) is 0 Å². The van der Waals surface area contributed by atoms with Crippen molar-refractivity contribution in [1.82, 2.24) is 0 Å². The lowest BCUT2D eigenvalue weighted by molar-refractivity contribution is 0.622. The Hall–Kier alpha value is -3.18. The topological polar surface area (TPSA) is 72.5 Å². The van der Waals surface area contributed by atoms with Gasteiger partial charge in [-0.2, -0.15) is 8.42 Å². The molecule has 0 heterocycles. The van der Waals surface area contributed by atoms with Gasteiger partial charge >= 0.3 is 10.5 Å². The lowest BCUT2D eigenvalue weighted by Crippen LogP contribution is -1.93. The molecule has 4 rings (SSSR count). The maximum atomic E-state index is 11.2. The summed E-state index contributed by atoms with van der Waals surface area (Å²) in [6, 6.07) is 23.1. The van der Waals surface area contributed by atoms with Gasteiger partial charge in [0.2, 0.25) is 0 Å². The number of nitrogens with zero attached hydrogens (tertiary/aromatic N) is 1. The van der Waals surface area contributed by atoms with Crippen LogP contribution in [-0.2, 0) is 10.5 Å². The Morgan fingerprint density at radius 3 is 1.88 bits per heavy atom. The Kier molecular flexibility index (Phi) is 3.71. The zero-order valence-corrected chi connectivity index (χ0v) is 14.0. The van der Waals surface area contributed by atoms with E-state index < -0.39 is 10.5 Å². The number of hydrogen-bond donors (Lipinski definition) is 1. The van der Waals surface area contributed by atoms with Crippen molar-refractivity contribution >= 4 is 43.4 Å². The van der Waals surface area contributed by atoms with Gasteiger partial charge in [-0.1, -0.05) is 60.7 Å². The summed E-state index contributed by atoms with van der Waals surface area (Å²) in [5.41, 5.74) is 8.82. The summed E-state index contributed by atoms with van der Waals surface area (Å²) >= 11 is 0. The second-order valence-corrected chi connectivity index (χ2v) is 6.36. The largest absolute Gasteiger partial charge is 0.398 e. The van der Waals surface area contributed by atoms with Gasteiger partial charge in [0, 0.05) is 16.8 Å². The summed E-state index contributed by atoms with van der Waals surface area (Å²) in [7, 11) is -2.55. The van der Waals surface area contributed by atoms with Crippen LogP contribution in [0.4, 0.5) is 11.4 Å². The van der Waals surface area contributed by atoms with Gasteiger partial charge in [-0.05, 0) is 33.7 Å². The van der Waals surface area contributed by atoms with Gasteiger partial charge in [-0.15, -0.1) is 4.36 Å². The lowest BCUT2D eigenvalue weighted by atomic mass is 9.91. The molecule has 5 heteroatoms. The molecule has 0 aliphatic rings. The van der Waals surface area contributed by atoms with E-state index in [9.17, 15) is 8.42 Å². The van der Waals surface area contributed by atoms with Crippen LogP contribution in [0.15, 0.2) is 77.2 Å². The molecule has 4 aromatic rings. The highest BCUT2D eigenvalue weighted by Crippen LogP contribution is 2.43. The van der Waals surface area contributed by atoms with Crippen molar-refractivity contribution in [3.8, 4) is 11.1 Å². The first-order chi connectivity index (χ1) is 12.1. The Bertz CT molecular complexity index is 1250. The number of nitrogen functional groups attached to an aromatic ring is 1. The first kappa shape index (κ1) is 15.4. The molecule has 122 valence electrons. The molecule has 0 unspecified atom stereocenters. The molecule has 0 saturated heterocycles. The molecule has 0 radical (unpaired) electrons. The van der Waals surface area contributed by atoms with Gasteiger partial charge in [-0.3, -0.25) is 0 Å². The normalized spacial score (nSPS) is 10.9. The smallest absolute Gasteiger partial charge is 0.316 e. The van der Waals surface area contributed by atoms with E-state index in [4.69, 9.17) is 5.73 Å². The highest BCUT2D eigenvalue weighted by atomic mass is 32.2. The van der Waals surface area contributed by atoms with Crippen molar-refractivity contribution in [3.05, 3.63) is 72.8 Å². The van der Waals surface area contributed by atoms with E-state index in [-0.39, 0.29) is 0 Å². The van der Waals surface area contributed by atoms with E-state index in [0.717, 1.165) is 32.7 Å². The highest BCUT2D eigenvalue weighted by Gasteiger charge is 2.15. The van der Waals surface area contributed by atoms with E-state index in [1.807, 2.05) is 66.7 Å². The van der Waals surface area contributed by atoms with Crippen LogP contribution in [0.1, 0.15) is 0 Å². The van der Waals surface area contributed by atoms with Crippen molar-refractivity contribution < 1.29 is 8.42 Å². The van der Waals surface area contributed by atoms with Crippen molar-refractivity contribution in [2.75, 3.05) is 5.73 Å². The van der Waals surface area contributed by atoms with Gasteiger partial charge in [0.05, 0.1) is 5.69 Å². The number of nitrogens with two attached hydrogens (primary N) is 1. The Balaban J connectivity index is 2.25. The Labute approximate surface area is 146 Å². The third-order valence-electron chi connectivity index (χ3n) is 4.29. The van der Waals surface area contributed by atoms with Crippen LogP contribution < -0.4 is 5.73 Å². The zero-order chi connectivity index (χ0) is 17.4. The molecular weight excluding hydrogens is 332 g/mol. The van der Waals surface area contributed by atoms with Crippen LogP contribution in [0, 0.1) is 0 Å². The van der Waals surface area contributed by atoms with Gasteiger partial charge in [0.25, 0.3) is 0 Å². The summed E-state index contributed by atoms with van der Waals surface area (Å²) in [6.07, 6.45) is 0. The fourth-order valence-electron chi connectivity index (χ4n) is 3.25. The van der Waals surface area contributed by atoms with Crippen molar-refractivity contribution in [1.29, 1.82) is 0 Å². The lowest BCUT2D eigenvalue weighted by Gasteiger charge is -2.15. The predicted molar refractivity (Wildman–Crippen MR) is 102 cm³/mol. The first-order valence-electron chi connectivity index (χ1n) is 7.75. The van der Waals surface area contributed by atoms with Crippen molar-refractivity contribution in [2.24, 2.45) is 4.36 Å². The molecule has 25 heavy (non-hydrogen) atoms. The molecule has 4 nitrogen and oxygen atoms in total. The van der Waals surface area contributed by atoms with Crippen LogP contribution in [0.2, 0.25) is 0 Å². The summed E-state index contributed by atoms with van der Waals surface area (Å²) < 4.78 is 26.3. The van der Waals surface area contributed by atoms with E-state index in [1.165, 1.54) is 0 Å². The number of fused-ring (bicyclic) bond motifs is 2. The molecule has 0 saturated carbocycles. The second kappa shape index (κ2) is 6.03. The van der Waals surface area contributed by atoms with Crippen LogP contribution >= 0.6 is 0 Å². The summed E-state index contributed by atoms with van der Waals surface area (Å²) in [4.78, 5) is 0. The fraction of sp³-hybridized carbons (Fsp3) is 0. The van der Waals surface area contributed by atoms with Gasteiger partial charge in [-0.25, -0.2) is 0 Å². The quantitative estimate of drug-likeness (QED) is 0.523. The molecule has 4 aromatic carbocycles. The molecule has 2 N–H and O–H groups in total. The van der Waals surface area contributed by atoms with Crippen LogP contribution in [0.25, 0.3) is 32.7 Å². The molecule has 0 amide bonds. The highest BCUT2D eigenvalue weighted by molar-refractivity contribution is 7.61. The van der Waals surface area contributed by atoms with Crippen molar-refractivity contribution in [2.45, 2.75) is 0 Å². The van der Waals surface area contributed by atoms with E-state index in [2.05, 4.69) is 4.36 Å². The maximum absolute atomic E-state index is 11.2. The maximum Gasteiger partial charge on any atom is 0.316 e. The van der Waals surface area contributed by atoms with Crippen molar-refractivity contribution in [3.63, 3.8) is 0 Å². The molecule has 0 aliphatic carbocycles. The summed E-state index contributed by atoms with van der Waals surface area (Å²) in [5, 5.41) is 3.92. The minimum atomic E-state index is -2.55. The second-order valence-electron chi connectivity index (χ2n) is 5.74. The van der Waals surface area contributed by atoms with Crippen LogP contribution in [0.5, 0.6) is 0 Å². The standard InChI is InChI=1S/C20H14N2O2S/c21-17-11-9-13-5-1-3-7-15(13)19(17)20-16-8-4-2-6-14(16)10-12-18(20)22-25(23)24/h1-12H,21H2. The van der Waals surface area contributed by atoms with E-state index >= 15 is 0 Å². The van der Waals surface area contributed by atoms with Crippen LogP contribution in [-0.4, -0.2) is 8.42 Å². The molecular formula is C20H14N2O2S. The molecule has 0 bridgehead atoms. The summed E-state index contributed by atoms with van der Waals surface area (Å²) in [5.74, 6) is 0. The molecule has 0 spiro atoms. The first-order valence-corrected chi connectivity index (χ1v) is 8.79. The third-order valence-corrected chi connectivity index (χ3v) is 4.64. The van der Waals surface area contributed by atoms with E-state index in [0.29, 0.717) is 11.4 Å². The van der Waals surface area contributed by atoms with Gasteiger partial charge < -0.3 is 5.73 Å². The molecule has 0 atom stereocenters. The average molecular weight is 346 g/mol. The molecule has 0 aliphatic heterocycles. The average Bonchev–Trinajstić information content (AvgIpc) is 2.62. The zero-order valence-electron chi connectivity index (χ0n) is 13.2. The van der Waals surface area contributed by atoms with E-state index in [1.54, 1.807) is 6.07 Å². The number of anilines is 1. The summed E-state index contributed by atoms with van der Waals surface area (Å²) in [6.45, 7) is 0. The number of rotatable bonds is 2. The van der Waals surface area contributed by atoms with Crippen LogP contribution in [0.3, 0.4) is 0 Å². The number of benzene rings is 4. The number of hydrogen-bond acceptors (Lipinski definition) is 4. The Morgan fingerprint density at radius 1 is 0.680 bits per heavy atom. The Morgan fingerprint density at radius 2 is 1.24 bits per heavy atom. The minimum Gasteiger partial charge on any atom is -0.398 e. The molecule has 0 fully saturated rings. The third kappa shape index (κ3) is 2.64. The fourth-order valence-corrected chi connectivity index (χ4v) is 3.56.